The lowest BCUT2D eigenvalue weighted by Crippen LogP contribution is -2.61. The maximum Gasteiger partial charge on any atom is 0.333 e. The van der Waals surface area contributed by atoms with Gasteiger partial charge in [0, 0.05) is 56.1 Å². The number of benzene rings is 10. The summed E-state index contributed by atoms with van der Waals surface area (Å²) in [5.41, 5.74) is 27.2. The molecule has 2 aliphatic heterocycles. The molecule has 0 amide bonds. The summed E-state index contributed by atoms with van der Waals surface area (Å²) in [6.45, 7) is 32.4. The summed E-state index contributed by atoms with van der Waals surface area (Å²) in [6, 6.07) is 79.7. The molecule has 81 heavy (non-hydrogen) atoms. The minimum atomic E-state index is -0.220. The average Bonchev–Trinajstić information content (AvgIpc) is 2.79. The molecule has 0 bridgehead atoms. The van der Waals surface area contributed by atoms with Crippen LogP contribution in [0.3, 0.4) is 0 Å². The van der Waals surface area contributed by atoms with Crippen LogP contribution in [0.2, 0.25) is 0 Å². The molecule has 0 spiro atoms. The fourth-order valence-corrected chi connectivity index (χ4v) is 13.4. The van der Waals surface area contributed by atoms with Crippen LogP contribution in [0.5, 0.6) is 0 Å². The Hall–Kier alpha value is -8.08. The van der Waals surface area contributed by atoms with Crippen molar-refractivity contribution in [3.8, 4) is 33.4 Å². The maximum atomic E-state index is 2.70. The summed E-state index contributed by atoms with van der Waals surface area (Å²) in [6.07, 6.45) is 0. The third kappa shape index (κ3) is 8.63. The van der Waals surface area contributed by atoms with E-state index in [1.54, 1.807) is 0 Å². The van der Waals surface area contributed by atoms with Crippen molar-refractivity contribution in [1.82, 2.24) is 0 Å². The molecule has 0 unspecified atom stereocenters. The van der Waals surface area contributed by atoms with Crippen molar-refractivity contribution < 1.29 is 0 Å². The fourth-order valence-electron chi connectivity index (χ4n) is 13.4. The Balaban J connectivity index is 1.15. The van der Waals surface area contributed by atoms with Crippen LogP contribution in [0.15, 0.2) is 206 Å². The molecule has 0 saturated carbocycles. The molecule has 2 heterocycles. The Kier molecular flexibility index (Phi) is 11.9. The summed E-state index contributed by atoms with van der Waals surface area (Å²) in [7, 11) is 0. The zero-order valence-corrected chi connectivity index (χ0v) is 50.0. The van der Waals surface area contributed by atoms with E-state index < -0.39 is 0 Å². The van der Waals surface area contributed by atoms with Crippen molar-refractivity contribution in [2.24, 2.45) is 0 Å². The van der Waals surface area contributed by atoms with Gasteiger partial charge >= 0.3 is 6.85 Å². The summed E-state index contributed by atoms with van der Waals surface area (Å²) in [4.78, 5) is 7.85. The van der Waals surface area contributed by atoms with Crippen molar-refractivity contribution in [3.63, 3.8) is 0 Å². The smallest absolute Gasteiger partial charge is 0.333 e. The Labute approximate surface area is 483 Å². The van der Waals surface area contributed by atoms with Crippen LogP contribution in [0.25, 0.3) is 44.2 Å². The van der Waals surface area contributed by atoms with E-state index in [1.165, 1.54) is 117 Å². The molecule has 3 aliphatic rings. The van der Waals surface area contributed by atoms with Crippen LogP contribution in [0.4, 0.5) is 45.5 Å². The zero-order valence-electron chi connectivity index (χ0n) is 50.0. The first-order valence-electron chi connectivity index (χ1n) is 29.4. The SMILES string of the molecule is CC(C)(C)c1ccc(N2B3c4cc5c(cc4N(c4ccc(C(C)(C)C)cc4-c4ccccc4)c4c3c(cc3ccccc43)-c3cc(N(c4ccc(C(C)(C)C)cc4)c4ccc(C(C)(C)C)cc4)ccc32)-c2ccccc2C5(C)C)cc1. The molecule has 0 aromatic heterocycles. The maximum absolute atomic E-state index is 2.70. The molecule has 13 rings (SSSR count). The first-order valence-corrected chi connectivity index (χ1v) is 29.4. The first-order chi connectivity index (χ1) is 38.5. The highest BCUT2D eigenvalue weighted by atomic mass is 15.2. The van der Waals surface area contributed by atoms with E-state index in [0.717, 1.165) is 17.1 Å². The molecule has 0 radical (unpaired) electrons. The fraction of sp³-hybridized carbons (Fsp3) is 0.247. The van der Waals surface area contributed by atoms with E-state index in [1.807, 2.05) is 0 Å². The van der Waals surface area contributed by atoms with Crippen LogP contribution in [-0.2, 0) is 27.1 Å². The first kappa shape index (κ1) is 52.3. The van der Waals surface area contributed by atoms with E-state index in [9.17, 15) is 0 Å². The Morgan fingerprint density at radius 2 is 0.914 bits per heavy atom. The molecule has 1 aliphatic carbocycles. The lowest BCUT2D eigenvalue weighted by molar-refractivity contribution is 0.590. The van der Waals surface area contributed by atoms with Gasteiger partial charge in [-0.05, 0) is 172 Å². The van der Waals surface area contributed by atoms with Crippen molar-refractivity contribution in [1.29, 1.82) is 0 Å². The van der Waals surface area contributed by atoms with Gasteiger partial charge < -0.3 is 14.6 Å². The Morgan fingerprint density at radius 3 is 1.53 bits per heavy atom. The highest BCUT2D eigenvalue weighted by Crippen LogP contribution is 2.56. The number of anilines is 8. The Morgan fingerprint density at radius 1 is 0.383 bits per heavy atom. The lowest BCUT2D eigenvalue weighted by Gasteiger charge is -2.47. The van der Waals surface area contributed by atoms with Gasteiger partial charge in [-0.25, -0.2) is 0 Å². The highest BCUT2D eigenvalue weighted by Gasteiger charge is 2.48. The van der Waals surface area contributed by atoms with Crippen LogP contribution >= 0.6 is 0 Å². The summed E-state index contributed by atoms with van der Waals surface area (Å²) in [5, 5.41) is 2.44. The molecular weight excluding hydrogens is 978 g/mol. The number of rotatable bonds is 6. The van der Waals surface area contributed by atoms with Crippen LogP contribution < -0.4 is 25.5 Å². The number of hydrogen-bond acceptors (Lipinski definition) is 3. The highest BCUT2D eigenvalue weighted by molar-refractivity contribution is 6.94. The Bertz CT molecular complexity index is 4040. The van der Waals surface area contributed by atoms with Crippen LogP contribution in [-0.4, -0.2) is 6.85 Å². The number of hydrogen-bond donors (Lipinski definition) is 0. The van der Waals surface area contributed by atoms with Crippen LogP contribution in [0, 0.1) is 0 Å². The second kappa shape index (κ2) is 18.5. The van der Waals surface area contributed by atoms with E-state index in [-0.39, 0.29) is 33.9 Å². The second-order valence-corrected chi connectivity index (χ2v) is 27.9. The largest absolute Gasteiger partial charge is 0.376 e. The van der Waals surface area contributed by atoms with E-state index in [4.69, 9.17) is 0 Å². The van der Waals surface area contributed by atoms with E-state index in [2.05, 4.69) is 318 Å². The zero-order chi connectivity index (χ0) is 56.7. The van der Waals surface area contributed by atoms with Crippen LogP contribution in [0.1, 0.15) is 130 Å². The van der Waals surface area contributed by atoms with Crippen molar-refractivity contribution >= 4 is 74.0 Å². The topological polar surface area (TPSA) is 9.72 Å². The second-order valence-electron chi connectivity index (χ2n) is 27.9. The third-order valence-electron chi connectivity index (χ3n) is 18.1. The van der Waals surface area contributed by atoms with Crippen molar-refractivity contribution in [2.45, 2.75) is 124 Å². The van der Waals surface area contributed by atoms with Gasteiger partial charge in [-0.2, -0.15) is 0 Å². The predicted octanol–water partition coefficient (Wildman–Crippen LogP) is 20.2. The molecule has 4 heteroatoms. The molecule has 0 atom stereocenters. The summed E-state index contributed by atoms with van der Waals surface area (Å²) < 4.78 is 0. The van der Waals surface area contributed by atoms with Crippen molar-refractivity contribution in [3.05, 3.63) is 240 Å². The minimum absolute atomic E-state index is 0.0103. The number of nitrogens with zero attached hydrogens (tertiary/aromatic N) is 3. The predicted molar refractivity (Wildman–Crippen MR) is 350 cm³/mol. The molecule has 0 saturated heterocycles. The molecule has 0 N–H and O–H groups in total. The lowest BCUT2D eigenvalue weighted by atomic mass is 9.43. The molecule has 402 valence electrons. The number of fused-ring (bicyclic) bond motifs is 9. The minimum Gasteiger partial charge on any atom is -0.376 e. The summed E-state index contributed by atoms with van der Waals surface area (Å²) in [5.74, 6) is 0. The van der Waals surface area contributed by atoms with Crippen molar-refractivity contribution in [2.75, 3.05) is 14.6 Å². The summed E-state index contributed by atoms with van der Waals surface area (Å²) >= 11 is 0. The third-order valence-corrected chi connectivity index (χ3v) is 18.1. The van der Waals surface area contributed by atoms with E-state index >= 15 is 0 Å². The quantitative estimate of drug-likeness (QED) is 0.154. The van der Waals surface area contributed by atoms with Gasteiger partial charge in [-0.1, -0.05) is 224 Å². The molecule has 3 nitrogen and oxygen atoms in total. The van der Waals surface area contributed by atoms with E-state index in [0.29, 0.717) is 0 Å². The average molecular weight is 1050 g/mol. The standard InChI is InChI=1S/C77H76BN3/c1-73(2,3)51-28-35-55(36-29-51)79(56-37-30-52(31-38-56)74(4,5)6)58-41-43-69-63(46-58)64-44-50-24-18-19-25-59(50)72-71(64)78(81(69)57-39-32-53(33-40-57)75(7,8)9)67-48-66-62(60-26-20-21-27-65(60)77(66,13)14)47-70(67)80(72)68-42-34-54(76(10,11)12)45-61(68)49-22-16-15-17-23-49/h15-48H,1-14H3. The monoisotopic (exact) mass is 1050 g/mol. The van der Waals surface area contributed by atoms with Gasteiger partial charge in [0.2, 0.25) is 0 Å². The van der Waals surface area contributed by atoms with Gasteiger partial charge in [0.1, 0.15) is 0 Å². The van der Waals surface area contributed by atoms with Gasteiger partial charge in [-0.15, -0.1) is 0 Å². The van der Waals surface area contributed by atoms with Gasteiger partial charge in [0.15, 0.2) is 0 Å². The van der Waals surface area contributed by atoms with Gasteiger partial charge in [-0.3, -0.25) is 0 Å². The molecule has 10 aromatic rings. The van der Waals surface area contributed by atoms with Gasteiger partial charge in [0.05, 0.1) is 11.4 Å². The molecular formula is C77H76BN3. The molecule has 0 fully saturated rings. The molecule has 10 aromatic carbocycles. The normalized spacial score (nSPS) is 14.3. The van der Waals surface area contributed by atoms with Gasteiger partial charge in [0.25, 0.3) is 0 Å².